The first kappa shape index (κ1) is 16.8. The van der Waals surface area contributed by atoms with Crippen LogP contribution in [0.25, 0.3) is 0 Å². The maximum absolute atomic E-state index is 12.1. The van der Waals surface area contributed by atoms with Gasteiger partial charge in [0.15, 0.2) is 5.60 Å². The average molecular weight is 300 g/mol. The van der Waals surface area contributed by atoms with E-state index in [0.717, 1.165) is 0 Å². The second-order valence-electron chi connectivity index (χ2n) is 5.40. The van der Waals surface area contributed by atoms with Gasteiger partial charge in [0.1, 0.15) is 5.75 Å². The van der Waals surface area contributed by atoms with Crippen LogP contribution in [0.2, 0.25) is 5.02 Å². The number of ether oxygens (including phenoxy) is 1. The lowest BCUT2D eigenvalue weighted by Gasteiger charge is -2.26. The van der Waals surface area contributed by atoms with E-state index in [2.05, 4.69) is 5.32 Å². The van der Waals surface area contributed by atoms with Crippen molar-refractivity contribution < 1.29 is 14.6 Å². The maximum atomic E-state index is 12.1. The number of aliphatic hydroxyl groups excluding tert-OH is 1. The van der Waals surface area contributed by atoms with Crippen LogP contribution in [0.1, 0.15) is 27.2 Å². The van der Waals surface area contributed by atoms with Gasteiger partial charge in [-0.3, -0.25) is 4.79 Å². The number of amides is 1. The van der Waals surface area contributed by atoms with E-state index in [1.807, 2.05) is 6.92 Å². The van der Waals surface area contributed by atoms with Crippen LogP contribution in [0, 0.1) is 5.92 Å². The Bertz CT molecular complexity index is 448. The van der Waals surface area contributed by atoms with Gasteiger partial charge in [-0.15, -0.1) is 0 Å². The second kappa shape index (κ2) is 7.50. The van der Waals surface area contributed by atoms with Crippen LogP contribution < -0.4 is 10.1 Å². The standard InChI is InChI=1S/C15H22ClNO3/c1-11(7-8-18)10-17-14(19)15(2,3)20-13-6-4-5-12(16)9-13/h4-6,9,11,18H,7-8,10H2,1-3H3,(H,17,19). The highest BCUT2D eigenvalue weighted by atomic mass is 35.5. The molecule has 0 fully saturated rings. The van der Waals surface area contributed by atoms with Gasteiger partial charge in [-0.25, -0.2) is 0 Å². The van der Waals surface area contributed by atoms with E-state index in [1.165, 1.54) is 0 Å². The number of nitrogens with one attached hydrogen (secondary N) is 1. The maximum Gasteiger partial charge on any atom is 0.263 e. The van der Waals surface area contributed by atoms with Crippen molar-refractivity contribution in [1.82, 2.24) is 5.32 Å². The topological polar surface area (TPSA) is 58.6 Å². The summed E-state index contributed by atoms with van der Waals surface area (Å²) in [6, 6.07) is 6.95. The highest BCUT2D eigenvalue weighted by Crippen LogP contribution is 2.22. The highest BCUT2D eigenvalue weighted by Gasteiger charge is 2.29. The monoisotopic (exact) mass is 299 g/mol. The summed E-state index contributed by atoms with van der Waals surface area (Å²) in [5, 5.41) is 12.2. The third-order valence-corrected chi connectivity index (χ3v) is 3.18. The molecule has 1 rings (SSSR count). The lowest BCUT2D eigenvalue weighted by molar-refractivity contribution is -0.134. The first-order valence-electron chi connectivity index (χ1n) is 6.69. The van der Waals surface area contributed by atoms with E-state index in [9.17, 15) is 4.79 Å². The minimum absolute atomic E-state index is 0.124. The summed E-state index contributed by atoms with van der Waals surface area (Å²) in [6.07, 6.45) is 0.663. The molecule has 1 aromatic carbocycles. The molecule has 20 heavy (non-hydrogen) atoms. The lowest BCUT2D eigenvalue weighted by atomic mass is 10.1. The Kier molecular flexibility index (Phi) is 6.30. The van der Waals surface area contributed by atoms with Gasteiger partial charge in [0.05, 0.1) is 0 Å². The summed E-state index contributed by atoms with van der Waals surface area (Å²) in [6.45, 7) is 6.03. The van der Waals surface area contributed by atoms with E-state index >= 15 is 0 Å². The number of halogens is 1. The fourth-order valence-corrected chi connectivity index (χ4v) is 1.85. The number of carbonyl (C=O) groups is 1. The summed E-state index contributed by atoms with van der Waals surface area (Å²) in [5.41, 5.74) is -0.983. The molecule has 1 amide bonds. The molecule has 0 radical (unpaired) electrons. The molecular formula is C15H22ClNO3. The molecule has 4 nitrogen and oxygen atoms in total. The van der Waals surface area contributed by atoms with E-state index in [0.29, 0.717) is 23.7 Å². The number of aliphatic hydroxyl groups is 1. The van der Waals surface area contributed by atoms with Crippen molar-refractivity contribution in [1.29, 1.82) is 0 Å². The second-order valence-corrected chi connectivity index (χ2v) is 5.83. The van der Waals surface area contributed by atoms with Gasteiger partial charge in [-0.1, -0.05) is 24.6 Å². The zero-order valence-corrected chi connectivity index (χ0v) is 12.9. The van der Waals surface area contributed by atoms with Crippen LogP contribution >= 0.6 is 11.6 Å². The summed E-state index contributed by atoms with van der Waals surface area (Å²) < 4.78 is 5.69. The van der Waals surface area contributed by atoms with Crippen molar-refractivity contribution in [2.24, 2.45) is 5.92 Å². The molecule has 112 valence electrons. The smallest absolute Gasteiger partial charge is 0.263 e. The minimum atomic E-state index is -0.983. The van der Waals surface area contributed by atoms with Crippen LogP contribution in [0.5, 0.6) is 5.75 Å². The molecule has 1 unspecified atom stereocenters. The summed E-state index contributed by atoms with van der Waals surface area (Å²) in [7, 11) is 0. The van der Waals surface area contributed by atoms with Crippen molar-refractivity contribution in [3.63, 3.8) is 0 Å². The van der Waals surface area contributed by atoms with Crippen molar-refractivity contribution in [2.45, 2.75) is 32.8 Å². The normalized spacial score (nSPS) is 12.8. The predicted molar refractivity (Wildman–Crippen MR) is 80.0 cm³/mol. The quantitative estimate of drug-likeness (QED) is 0.814. The van der Waals surface area contributed by atoms with Gasteiger partial charge in [0.2, 0.25) is 0 Å². The van der Waals surface area contributed by atoms with E-state index < -0.39 is 5.60 Å². The molecule has 0 saturated heterocycles. The minimum Gasteiger partial charge on any atom is -0.478 e. The molecule has 0 aliphatic carbocycles. The average Bonchev–Trinajstić information content (AvgIpc) is 2.35. The molecular weight excluding hydrogens is 278 g/mol. The molecule has 5 heteroatoms. The third-order valence-electron chi connectivity index (χ3n) is 2.95. The molecule has 0 bridgehead atoms. The number of hydrogen-bond acceptors (Lipinski definition) is 3. The molecule has 0 saturated carbocycles. The number of hydrogen-bond donors (Lipinski definition) is 2. The van der Waals surface area contributed by atoms with Gasteiger partial charge in [0.25, 0.3) is 5.91 Å². The Morgan fingerprint density at radius 1 is 1.50 bits per heavy atom. The molecule has 0 aliphatic rings. The summed E-state index contributed by atoms with van der Waals surface area (Å²) in [4.78, 5) is 12.1. The van der Waals surface area contributed by atoms with Crippen LogP contribution in [0.15, 0.2) is 24.3 Å². The summed E-state index contributed by atoms with van der Waals surface area (Å²) in [5.74, 6) is 0.592. The zero-order chi connectivity index (χ0) is 15.2. The highest BCUT2D eigenvalue weighted by molar-refractivity contribution is 6.30. The first-order valence-corrected chi connectivity index (χ1v) is 7.06. The Hall–Kier alpha value is -1.26. The molecule has 0 spiro atoms. The fourth-order valence-electron chi connectivity index (χ4n) is 1.67. The predicted octanol–water partition coefficient (Wildman–Crippen LogP) is 2.63. The van der Waals surface area contributed by atoms with Gasteiger partial charge < -0.3 is 15.2 Å². The first-order chi connectivity index (χ1) is 9.35. The molecule has 0 aromatic heterocycles. The van der Waals surface area contributed by atoms with Gasteiger partial charge in [-0.2, -0.15) is 0 Å². The largest absolute Gasteiger partial charge is 0.478 e. The Balaban J connectivity index is 2.56. The van der Waals surface area contributed by atoms with Crippen LogP contribution in [-0.4, -0.2) is 29.8 Å². The third kappa shape index (κ3) is 5.39. The summed E-state index contributed by atoms with van der Waals surface area (Å²) >= 11 is 5.89. The van der Waals surface area contributed by atoms with Crippen LogP contribution in [0.3, 0.4) is 0 Å². The van der Waals surface area contributed by atoms with Gasteiger partial charge in [0, 0.05) is 18.2 Å². The van der Waals surface area contributed by atoms with Crippen LogP contribution in [-0.2, 0) is 4.79 Å². The zero-order valence-electron chi connectivity index (χ0n) is 12.1. The van der Waals surface area contributed by atoms with Gasteiger partial charge >= 0.3 is 0 Å². The Morgan fingerprint density at radius 3 is 2.80 bits per heavy atom. The molecule has 1 atom stereocenters. The number of benzene rings is 1. The SMILES string of the molecule is CC(CCO)CNC(=O)C(C)(C)Oc1cccc(Cl)c1. The van der Waals surface area contributed by atoms with Crippen molar-refractivity contribution in [2.75, 3.05) is 13.2 Å². The van der Waals surface area contributed by atoms with E-state index in [-0.39, 0.29) is 18.4 Å². The Morgan fingerprint density at radius 2 is 2.20 bits per heavy atom. The number of rotatable bonds is 7. The van der Waals surface area contributed by atoms with Crippen molar-refractivity contribution in [3.05, 3.63) is 29.3 Å². The van der Waals surface area contributed by atoms with E-state index in [4.69, 9.17) is 21.4 Å². The van der Waals surface area contributed by atoms with Crippen LogP contribution in [0.4, 0.5) is 0 Å². The molecule has 2 N–H and O–H groups in total. The van der Waals surface area contributed by atoms with E-state index in [1.54, 1.807) is 38.1 Å². The number of carbonyl (C=O) groups excluding carboxylic acids is 1. The molecule has 0 heterocycles. The van der Waals surface area contributed by atoms with Crippen molar-refractivity contribution in [3.8, 4) is 5.75 Å². The van der Waals surface area contributed by atoms with Gasteiger partial charge in [-0.05, 0) is 44.4 Å². The Labute approximate surface area is 125 Å². The molecule has 0 aliphatic heterocycles. The lowest BCUT2D eigenvalue weighted by Crippen LogP contribution is -2.47. The fraction of sp³-hybridized carbons (Fsp3) is 0.533. The molecule has 1 aromatic rings. The van der Waals surface area contributed by atoms with Crippen molar-refractivity contribution >= 4 is 17.5 Å².